The van der Waals surface area contributed by atoms with Crippen molar-refractivity contribution >= 4 is 62.7 Å². The van der Waals surface area contributed by atoms with E-state index in [1.54, 1.807) is 0 Å². The summed E-state index contributed by atoms with van der Waals surface area (Å²) in [4.78, 5) is 8.65. The van der Waals surface area contributed by atoms with Crippen LogP contribution in [0.3, 0.4) is 0 Å². The van der Waals surface area contributed by atoms with Gasteiger partial charge in [-0.25, -0.2) is 9.98 Å². The first kappa shape index (κ1) is 23.8. The molecule has 3 aromatic rings. The number of nitrogens with one attached hydrogen (secondary N) is 2. The fourth-order valence-electron chi connectivity index (χ4n) is 2.46. The molecule has 1 atom stereocenters. The molecule has 2 aromatic heterocycles. The van der Waals surface area contributed by atoms with Gasteiger partial charge in [-0.3, -0.25) is 0 Å². The third kappa shape index (κ3) is 6.52. The number of rotatable bonds is 6. The van der Waals surface area contributed by atoms with Crippen molar-refractivity contribution in [2.75, 3.05) is 13.1 Å². The molecule has 0 saturated heterocycles. The average Bonchev–Trinajstić information content (AvgIpc) is 3.30. The minimum atomic E-state index is -4.45. The molecule has 0 aliphatic carbocycles. The monoisotopic (exact) mass is 556 g/mol. The summed E-state index contributed by atoms with van der Waals surface area (Å²) >= 11 is 2.44. The number of hydrogen-bond donors (Lipinski definition) is 3. The van der Waals surface area contributed by atoms with Crippen LogP contribution in [0.2, 0.25) is 0 Å². The number of aliphatic hydroxyl groups is 1. The minimum absolute atomic E-state index is 0. The van der Waals surface area contributed by atoms with E-state index < -0.39 is 18.0 Å². The third-order valence-electron chi connectivity index (χ3n) is 3.79. The quantitative estimate of drug-likeness (QED) is 0.232. The molecule has 1 unspecified atom stereocenters. The number of thiazole rings is 1. The molecule has 0 bridgehead atoms. The number of benzene rings is 1. The van der Waals surface area contributed by atoms with Crippen LogP contribution in [0.25, 0.3) is 10.1 Å². The van der Waals surface area contributed by atoms with Crippen LogP contribution in [0.5, 0.6) is 0 Å². The second-order valence-corrected chi connectivity index (χ2v) is 7.96. The second-order valence-electron chi connectivity index (χ2n) is 5.90. The van der Waals surface area contributed by atoms with E-state index >= 15 is 0 Å². The first-order chi connectivity index (χ1) is 13.4. The van der Waals surface area contributed by atoms with Gasteiger partial charge >= 0.3 is 6.18 Å². The highest BCUT2D eigenvalue weighted by molar-refractivity contribution is 14.0. The van der Waals surface area contributed by atoms with Crippen LogP contribution < -0.4 is 10.6 Å². The summed E-state index contributed by atoms with van der Waals surface area (Å²) in [7, 11) is 0. The van der Waals surface area contributed by atoms with Crippen LogP contribution in [-0.2, 0) is 12.7 Å². The molecule has 0 fully saturated rings. The summed E-state index contributed by atoms with van der Waals surface area (Å²) < 4.78 is 39.0. The molecule has 0 aliphatic rings. The largest absolute Gasteiger partial charge is 0.434 e. The molecule has 0 aliphatic heterocycles. The lowest BCUT2D eigenvalue weighted by atomic mass is 10.2. The van der Waals surface area contributed by atoms with E-state index in [2.05, 4.69) is 20.6 Å². The molecule has 29 heavy (non-hydrogen) atoms. The van der Waals surface area contributed by atoms with Gasteiger partial charge in [-0.2, -0.15) is 13.2 Å². The number of halogens is 4. The van der Waals surface area contributed by atoms with Gasteiger partial charge in [0.25, 0.3) is 0 Å². The number of thiophene rings is 1. The Morgan fingerprint density at radius 3 is 2.69 bits per heavy atom. The Morgan fingerprint density at radius 1 is 1.28 bits per heavy atom. The van der Waals surface area contributed by atoms with E-state index in [0.717, 1.165) is 31.7 Å². The molecular weight excluding hydrogens is 536 g/mol. The van der Waals surface area contributed by atoms with E-state index in [0.29, 0.717) is 12.5 Å². The number of alkyl halides is 3. The van der Waals surface area contributed by atoms with Crippen molar-refractivity contribution in [2.24, 2.45) is 4.99 Å². The van der Waals surface area contributed by atoms with Gasteiger partial charge in [0.2, 0.25) is 0 Å². The fourth-order valence-corrected chi connectivity index (χ4v) is 4.24. The highest BCUT2D eigenvalue weighted by atomic mass is 127. The molecular formula is C18H20F3IN4OS2. The van der Waals surface area contributed by atoms with Crippen LogP contribution in [-0.4, -0.2) is 29.1 Å². The van der Waals surface area contributed by atoms with Crippen molar-refractivity contribution in [3.05, 3.63) is 51.3 Å². The van der Waals surface area contributed by atoms with Crippen LogP contribution in [0.1, 0.15) is 28.6 Å². The van der Waals surface area contributed by atoms with Crippen molar-refractivity contribution in [1.29, 1.82) is 0 Å². The summed E-state index contributed by atoms with van der Waals surface area (Å²) in [6, 6.07) is 9.83. The van der Waals surface area contributed by atoms with Gasteiger partial charge < -0.3 is 15.7 Å². The zero-order valence-corrected chi connectivity index (χ0v) is 19.3. The molecule has 0 amide bonds. The van der Waals surface area contributed by atoms with Crippen molar-refractivity contribution < 1.29 is 18.3 Å². The summed E-state index contributed by atoms with van der Waals surface area (Å²) in [5.74, 6) is 0.409. The van der Waals surface area contributed by atoms with Crippen LogP contribution >= 0.6 is 46.7 Å². The lowest BCUT2D eigenvalue weighted by molar-refractivity contribution is -0.140. The SMILES string of the molecule is CCNC(=NCc1nc(C(F)(F)F)cs1)NCC(O)c1cc2ccccc2s1.I. The molecule has 0 spiro atoms. The Hall–Kier alpha value is -1.44. The van der Waals surface area contributed by atoms with Gasteiger partial charge in [0.1, 0.15) is 11.1 Å². The zero-order valence-electron chi connectivity index (χ0n) is 15.4. The van der Waals surface area contributed by atoms with Gasteiger partial charge in [-0.1, -0.05) is 18.2 Å². The van der Waals surface area contributed by atoms with Gasteiger partial charge in [0.05, 0.1) is 6.54 Å². The molecule has 0 saturated carbocycles. The first-order valence-corrected chi connectivity index (χ1v) is 10.3. The summed E-state index contributed by atoms with van der Waals surface area (Å²) in [5, 5.41) is 18.8. The number of fused-ring (bicyclic) bond motifs is 1. The van der Waals surface area contributed by atoms with Gasteiger partial charge in [0.15, 0.2) is 11.7 Å². The van der Waals surface area contributed by atoms with Gasteiger partial charge in [0, 0.05) is 28.0 Å². The first-order valence-electron chi connectivity index (χ1n) is 8.57. The second kappa shape index (κ2) is 10.5. The standard InChI is InChI=1S/C18H19F3N4OS2.HI/c1-2-22-17(24-9-16-25-15(10-27-16)18(19,20)21)23-8-12(26)14-7-11-5-3-4-6-13(11)28-14;/h3-7,10,12,26H,2,8-9H2,1H3,(H2,22,23,24);1H. The zero-order chi connectivity index (χ0) is 20.1. The van der Waals surface area contributed by atoms with E-state index in [1.165, 1.54) is 11.3 Å². The maximum Gasteiger partial charge on any atom is 0.434 e. The van der Waals surface area contributed by atoms with Gasteiger partial charge in [-0.05, 0) is 24.4 Å². The Labute approximate surface area is 191 Å². The van der Waals surface area contributed by atoms with Crippen LogP contribution in [0.15, 0.2) is 40.7 Å². The summed E-state index contributed by atoms with van der Waals surface area (Å²) in [5.41, 5.74) is -0.902. The molecule has 2 heterocycles. The third-order valence-corrected chi connectivity index (χ3v) is 5.85. The maximum absolute atomic E-state index is 12.6. The lowest BCUT2D eigenvalue weighted by Crippen LogP contribution is -2.39. The van der Waals surface area contributed by atoms with Crippen molar-refractivity contribution in [3.63, 3.8) is 0 Å². The smallest absolute Gasteiger partial charge is 0.386 e. The topological polar surface area (TPSA) is 69.5 Å². The molecule has 1 aromatic carbocycles. The lowest BCUT2D eigenvalue weighted by Gasteiger charge is -2.14. The number of guanidine groups is 1. The van der Waals surface area contributed by atoms with Crippen molar-refractivity contribution in [1.82, 2.24) is 15.6 Å². The number of nitrogens with zero attached hydrogens (tertiary/aromatic N) is 2. The molecule has 0 radical (unpaired) electrons. The Morgan fingerprint density at radius 2 is 2.03 bits per heavy atom. The average molecular weight is 556 g/mol. The predicted molar refractivity (Wildman–Crippen MR) is 122 cm³/mol. The maximum atomic E-state index is 12.6. The molecule has 5 nitrogen and oxygen atoms in total. The van der Waals surface area contributed by atoms with Crippen molar-refractivity contribution in [3.8, 4) is 0 Å². The Balaban J connectivity index is 0.00000300. The van der Waals surface area contributed by atoms with E-state index in [1.807, 2.05) is 37.3 Å². The summed E-state index contributed by atoms with van der Waals surface area (Å²) in [6.45, 7) is 2.71. The number of aliphatic imine (C=N–C) groups is 1. The highest BCUT2D eigenvalue weighted by Gasteiger charge is 2.33. The van der Waals surface area contributed by atoms with Crippen LogP contribution in [0.4, 0.5) is 13.2 Å². The van der Waals surface area contributed by atoms with Gasteiger partial charge in [-0.15, -0.1) is 46.7 Å². The van der Waals surface area contributed by atoms with E-state index in [9.17, 15) is 18.3 Å². The van der Waals surface area contributed by atoms with E-state index in [4.69, 9.17) is 0 Å². The number of aromatic nitrogens is 1. The minimum Gasteiger partial charge on any atom is -0.386 e. The molecule has 11 heteroatoms. The number of hydrogen-bond acceptors (Lipinski definition) is 5. The molecule has 3 rings (SSSR count). The Kier molecular flexibility index (Phi) is 8.67. The van der Waals surface area contributed by atoms with Crippen LogP contribution in [0, 0.1) is 0 Å². The predicted octanol–water partition coefficient (Wildman–Crippen LogP) is 4.78. The highest BCUT2D eigenvalue weighted by Crippen LogP contribution is 2.30. The summed E-state index contributed by atoms with van der Waals surface area (Å²) in [6.07, 6.45) is -5.17. The van der Waals surface area contributed by atoms with Crippen molar-refractivity contribution in [2.45, 2.75) is 25.7 Å². The number of aliphatic hydroxyl groups excluding tert-OH is 1. The Bertz CT molecular complexity index is 925. The van der Waals surface area contributed by atoms with E-state index in [-0.39, 0.29) is 42.1 Å². The fraction of sp³-hybridized carbons (Fsp3) is 0.333. The molecule has 3 N–H and O–H groups in total. The molecule has 158 valence electrons. The normalized spacial score (nSPS) is 13.2.